The zero-order valence-corrected chi connectivity index (χ0v) is 5.37. The van der Waals surface area contributed by atoms with Crippen molar-refractivity contribution in [2.75, 3.05) is 0 Å². The van der Waals surface area contributed by atoms with E-state index in [9.17, 15) is 4.79 Å². The second kappa shape index (κ2) is 2.07. The molecule has 0 heterocycles. The molecule has 0 aromatic carbocycles. The van der Waals surface area contributed by atoms with Gasteiger partial charge in [0.2, 0.25) is 5.91 Å². The molecule has 1 amide bonds. The van der Waals surface area contributed by atoms with Gasteiger partial charge in [0, 0.05) is 6.42 Å². The van der Waals surface area contributed by atoms with Gasteiger partial charge < -0.3 is 15.9 Å². The summed E-state index contributed by atoms with van der Waals surface area (Å²) in [6.07, 6.45) is 2.10. The monoisotopic (exact) mass is 143 g/mol. The van der Waals surface area contributed by atoms with Crippen LogP contribution in [0.3, 0.4) is 0 Å². The Bertz CT molecular complexity index is 195. The Morgan fingerprint density at radius 3 is 2.50 bits per heavy atom. The molecular weight excluding hydrogens is 134 g/mol. The minimum Gasteiger partial charge on any atom is -0.366 e. The van der Waals surface area contributed by atoms with Gasteiger partial charge in [-0.25, -0.2) is 0 Å². The van der Waals surface area contributed by atoms with E-state index >= 15 is 0 Å². The zero-order valence-electron chi connectivity index (χ0n) is 5.37. The molecule has 10 heavy (non-hydrogen) atoms. The Kier molecular flexibility index (Phi) is 1.50. The maximum Gasteiger partial charge on any atom is 0.249 e. The van der Waals surface area contributed by atoms with Gasteiger partial charge in [-0.15, -0.1) is 0 Å². The molecule has 0 aliphatic heterocycles. The van der Waals surface area contributed by atoms with E-state index in [2.05, 4.69) is 0 Å². The van der Waals surface area contributed by atoms with Crippen molar-refractivity contribution in [3.8, 4) is 0 Å². The molecule has 1 aliphatic rings. The molecule has 0 saturated heterocycles. The Balaban J connectivity index is 2.85. The number of allylic oxidation sites excluding steroid dienone is 1. The smallest absolute Gasteiger partial charge is 0.249 e. The van der Waals surface area contributed by atoms with E-state index in [4.69, 9.17) is 15.9 Å². The predicted molar refractivity (Wildman–Crippen MR) is 33.7 cm³/mol. The van der Waals surface area contributed by atoms with Gasteiger partial charge in [-0.3, -0.25) is 4.79 Å². The number of hydrogen-bond donors (Lipinski definition) is 3. The lowest BCUT2D eigenvalue weighted by Gasteiger charge is -2.16. The first-order valence-electron chi connectivity index (χ1n) is 2.99. The van der Waals surface area contributed by atoms with Crippen LogP contribution in [0.15, 0.2) is 11.6 Å². The summed E-state index contributed by atoms with van der Waals surface area (Å²) in [5, 5.41) is 18.0. The minimum atomic E-state index is -1.98. The maximum absolute atomic E-state index is 10.5. The Morgan fingerprint density at radius 2 is 2.30 bits per heavy atom. The summed E-state index contributed by atoms with van der Waals surface area (Å²) >= 11 is 0. The van der Waals surface area contributed by atoms with Gasteiger partial charge in [0.25, 0.3) is 0 Å². The summed E-state index contributed by atoms with van der Waals surface area (Å²) in [5.41, 5.74) is 4.76. The van der Waals surface area contributed by atoms with Crippen LogP contribution in [-0.2, 0) is 4.79 Å². The van der Waals surface area contributed by atoms with Crippen molar-refractivity contribution < 1.29 is 15.0 Å². The molecule has 0 radical (unpaired) electrons. The van der Waals surface area contributed by atoms with Crippen LogP contribution >= 0.6 is 0 Å². The zero-order chi connectivity index (χ0) is 7.78. The van der Waals surface area contributed by atoms with Crippen LogP contribution in [0.25, 0.3) is 0 Å². The SMILES string of the molecule is NC(=O)C1=CCCC1(O)O. The highest BCUT2D eigenvalue weighted by molar-refractivity contribution is 5.94. The molecule has 0 aromatic rings. The highest BCUT2D eigenvalue weighted by Crippen LogP contribution is 2.26. The second-order valence-electron chi connectivity index (χ2n) is 2.34. The Hall–Kier alpha value is -0.870. The first-order valence-corrected chi connectivity index (χ1v) is 2.99. The molecule has 1 rings (SSSR count). The van der Waals surface area contributed by atoms with Gasteiger partial charge in [-0.05, 0) is 6.42 Å². The maximum atomic E-state index is 10.5. The van der Waals surface area contributed by atoms with Crippen LogP contribution in [0.5, 0.6) is 0 Å². The van der Waals surface area contributed by atoms with Crippen molar-refractivity contribution >= 4 is 5.91 Å². The minimum absolute atomic E-state index is 0.0903. The topological polar surface area (TPSA) is 83.6 Å². The molecule has 0 fully saturated rings. The van der Waals surface area contributed by atoms with Crippen molar-refractivity contribution in [2.24, 2.45) is 5.73 Å². The molecular formula is C6H9NO3. The third kappa shape index (κ3) is 1.03. The number of aliphatic hydroxyl groups is 2. The molecule has 0 spiro atoms. The first-order chi connectivity index (χ1) is 4.54. The quantitative estimate of drug-likeness (QED) is 0.406. The number of carbonyl (C=O) groups excluding carboxylic acids is 1. The molecule has 0 atom stereocenters. The molecule has 0 bridgehead atoms. The van der Waals surface area contributed by atoms with E-state index in [-0.39, 0.29) is 12.0 Å². The van der Waals surface area contributed by atoms with Gasteiger partial charge in [0.15, 0.2) is 5.79 Å². The normalized spacial score (nSPS) is 22.4. The summed E-state index contributed by atoms with van der Waals surface area (Å²) in [7, 11) is 0. The molecule has 1 aliphatic carbocycles. The lowest BCUT2D eigenvalue weighted by molar-refractivity contribution is -0.139. The van der Waals surface area contributed by atoms with Crippen LogP contribution in [-0.4, -0.2) is 21.9 Å². The van der Waals surface area contributed by atoms with Crippen LogP contribution in [0.2, 0.25) is 0 Å². The van der Waals surface area contributed by atoms with Crippen molar-refractivity contribution in [3.63, 3.8) is 0 Å². The summed E-state index contributed by atoms with van der Waals surface area (Å²) in [5.74, 6) is -2.74. The molecule has 4 nitrogen and oxygen atoms in total. The highest BCUT2D eigenvalue weighted by Gasteiger charge is 2.35. The van der Waals surface area contributed by atoms with Gasteiger partial charge in [-0.1, -0.05) is 6.08 Å². The van der Waals surface area contributed by atoms with Crippen molar-refractivity contribution in [1.82, 2.24) is 0 Å². The van der Waals surface area contributed by atoms with Crippen LogP contribution in [0.4, 0.5) is 0 Å². The van der Waals surface area contributed by atoms with Crippen molar-refractivity contribution in [1.29, 1.82) is 0 Å². The average molecular weight is 143 g/mol. The van der Waals surface area contributed by atoms with Gasteiger partial charge in [0.05, 0.1) is 5.57 Å². The lowest BCUT2D eigenvalue weighted by Crippen LogP contribution is -2.34. The predicted octanol–water partition coefficient (Wildman–Crippen LogP) is -1.13. The van der Waals surface area contributed by atoms with Gasteiger partial charge in [0.1, 0.15) is 0 Å². The third-order valence-electron chi connectivity index (χ3n) is 1.54. The average Bonchev–Trinajstić information content (AvgIpc) is 2.08. The number of hydrogen-bond acceptors (Lipinski definition) is 3. The largest absolute Gasteiger partial charge is 0.366 e. The number of nitrogens with two attached hydrogens (primary N) is 1. The van der Waals surface area contributed by atoms with E-state index in [0.29, 0.717) is 6.42 Å². The fourth-order valence-electron chi connectivity index (χ4n) is 1.01. The summed E-state index contributed by atoms with van der Waals surface area (Å²) in [6.45, 7) is 0. The standard InChI is InChI=1S/C6H9NO3/c7-5(8)4-2-1-3-6(4,9)10/h2,9-10H,1,3H2,(H2,7,8). The van der Waals surface area contributed by atoms with Crippen molar-refractivity contribution in [2.45, 2.75) is 18.6 Å². The summed E-state index contributed by atoms with van der Waals surface area (Å²) in [4.78, 5) is 10.5. The number of amides is 1. The number of primary amides is 1. The van der Waals surface area contributed by atoms with E-state index in [1.807, 2.05) is 0 Å². The molecule has 0 aromatic heterocycles. The third-order valence-corrected chi connectivity index (χ3v) is 1.54. The van der Waals surface area contributed by atoms with Crippen LogP contribution < -0.4 is 5.73 Å². The van der Waals surface area contributed by atoms with E-state index in [1.165, 1.54) is 6.08 Å². The fourth-order valence-corrected chi connectivity index (χ4v) is 1.01. The summed E-state index contributed by atoms with van der Waals surface area (Å²) < 4.78 is 0. The molecule has 0 saturated carbocycles. The van der Waals surface area contributed by atoms with E-state index in [1.54, 1.807) is 0 Å². The molecule has 4 heteroatoms. The highest BCUT2D eigenvalue weighted by atomic mass is 16.5. The first kappa shape index (κ1) is 7.24. The lowest BCUT2D eigenvalue weighted by atomic mass is 10.1. The van der Waals surface area contributed by atoms with E-state index < -0.39 is 11.7 Å². The number of rotatable bonds is 1. The second-order valence-corrected chi connectivity index (χ2v) is 2.34. The van der Waals surface area contributed by atoms with E-state index in [0.717, 1.165) is 0 Å². The number of carbonyl (C=O) groups is 1. The Labute approximate surface area is 58.0 Å². The summed E-state index contributed by atoms with van der Waals surface area (Å²) in [6, 6.07) is 0. The van der Waals surface area contributed by atoms with Crippen LogP contribution in [0.1, 0.15) is 12.8 Å². The molecule has 0 unspecified atom stereocenters. The van der Waals surface area contributed by atoms with Crippen LogP contribution in [0, 0.1) is 0 Å². The van der Waals surface area contributed by atoms with Gasteiger partial charge >= 0.3 is 0 Å². The molecule has 56 valence electrons. The fraction of sp³-hybridized carbons (Fsp3) is 0.500. The Morgan fingerprint density at radius 1 is 1.70 bits per heavy atom. The van der Waals surface area contributed by atoms with Gasteiger partial charge in [-0.2, -0.15) is 0 Å². The molecule has 4 N–H and O–H groups in total. The van der Waals surface area contributed by atoms with Crippen molar-refractivity contribution in [3.05, 3.63) is 11.6 Å².